The van der Waals surface area contributed by atoms with Gasteiger partial charge in [-0.3, -0.25) is 19.8 Å². The minimum atomic E-state index is -0.533. The van der Waals surface area contributed by atoms with Gasteiger partial charge in [0.05, 0.1) is 24.2 Å². The molecule has 0 aromatic heterocycles. The number of morpholine rings is 1. The maximum Gasteiger partial charge on any atom is 0.292 e. The Balaban J connectivity index is 1.61. The molecule has 0 radical (unpaired) electrons. The number of amides is 1. The van der Waals surface area contributed by atoms with Crippen LogP contribution in [0.2, 0.25) is 0 Å². The van der Waals surface area contributed by atoms with Crippen molar-refractivity contribution in [1.82, 2.24) is 4.90 Å². The molecule has 1 N–H and O–H groups in total. The molecule has 8 heteroatoms. The van der Waals surface area contributed by atoms with E-state index in [1.165, 1.54) is 24.3 Å². The summed E-state index contributed by atoms with van der Waals surface area (Å²) in [5.41, 5.74) is 0.869. The fraction of sp³-hybridized carbons (Fsp3) is 0.278. The predicted octanol–water partition coefficient (Wildman–Crippen LogP) is 2.75. The predicted molar refractivity (Wildman–Crippen MR) is 93.3 cm³/mol. The zero-order valence-corrected chi connectivity index (χ0v) is 13.9. The minimum Gasteiger partial charge on any atom is -0.371 e. The summed E-state index contributed by atoms with van der Waals surface area (Å²) in [6.07, 6.45) is -0.247. The summed E-state index contributed by atoms with van der Waals surface area (Å²) < 4.78 is 18.7. The first-order valence-corrected chi connectivity index (χ1v) is 8.15. The lowest BCUT2D eigenvalue weighted by Gasteiger charge is -2.32. The van der Waals surface area contributed by atoms with E-state index < -0.39 is 4.92 Å². The number of carbonyl (C=O) groups is 1. The first-order chi connectivity index (χ1) is 12.5. The van der Waals surface area contributed by atoms with Crippen LogP contribution in [-0.2, 0) is 9.53 Å². The Morgan fingerprint density at radius 1 is 1.27 bits per heavy atom. The number of anilines is 1. The monoisotopic (exact) mass is 359 g/mol. The number of carbonyl (C=O) groups excluding carboxylic acids is 1. The summed E-state index contributed by atoms with van der Waals surface area (Å²) in [7, 11) is 0. The fourth-order valence-electron chi connectivity index (χ4n) is 2.86. The molecule has 0 unspecified atom stereocenters. The number of benzene rings is 2. The van der Waals surface area contributed by atoms with Crippen LogP contribution in [0.4, 0.5) is 15.8 Å². The SMILES string of the molecule is O=C(CN1CCO[C@H](c2ccc(F)cc2)C1)Nc1ccccc1[N+](=O)[O-]. The first kappa shape index (κ1) is 18.0. The molecule has 0 saturated carbocycles. The first-order valence-electron chi connectivity index (χ1n) is 8.15. The molecule has 26 heavy (non-hydrogen) atoms. The van der Waals surface area contributed by atoms with Gasteiger partial charge in [0.25, 0.3) is 5.69 Å². The second-order valence-corrected chi connectivity index (χ2v) is 5.97. The smallest absolute Gasteiger partial charge is 0.292 e. The number of para-hydroxylation sites is 2. The standard InChI is InChI=1S/C18H18FN3O4/c19-14-7-5-13(6-8-14)17-11-21(9-10-26-17)12-18(23)20-15-3-1-2-4-16(15)22(24)25/h1-8,17H,9-12H2,(H,20,23)/t17-/m0/s1. The molecule has 0 bridgehead atoms. The lowest BCUT2D eigenvalue weighted by molar-refractivity contribution is -0.383. The Bertz CT molecular complexity index is 797. The third-order valence-electron chi connectivity index (χ3n) is 4.13. The Hall–Kier alpha value is -2.84. The number of halogens is 1. The molecule has 1 amide bonds. The zero-order chi connectivity index (χ0) is 18.5. The van der Waals surface area contributed by atoms with Crippen LogP contribution in [0.5, 0.6) is 0 Å². The average Bonchev–Trinajstić information content (AvgIpc) is 2.62. The van der Waals surface area contributed by atoms with Gasteiger partial charge in [-0.1, -0.05) is 24.3 Å². The van der Waals surface area contributed by atoms with Gasteiger partial charge in [0, 0.05) is 19.2 Å². The highest BCUT2D eigenvalue weighted by Gasteiger charge is 2.24. The van der Waals surface area contributed by atoms with E-state index >= 15 is 0 Å². The normalized spacial score (nSPS) is 17.7. The van der Waals surface area contributed by atoms with Crippen LogP contribution in [0.1, 0.15) is 11.7 Å². The summed E-state index contributed by atoms with van der Waals surface area (Å²) in [5, 5.41) is 13.6. The summed E-state index contributed by atoms with van der Waals surface area (Å²) in [6.45, 7) is 1.59. The number of rotatable bonds is 5. The third-order valence-corrected chi connectivity index (χ3v) is 4.13. The van der Waals surface area contributed by atoms with E-state index in [0.29, 0.717) is 19.7 Å². The average molecular weight is 359 g/mol. The quantitative estimate of drug-likeness (QED) is 0.655. The number of nitro groups is 1. The molecule has 1 atom stereocenters. The van der Waals surface area contributed by atoms with E-state index in [-0.39, 0.29) is 35.7 Å². The largest absolute Gasteiger partial charge is 0.371 e. The van der Waals surface area contributed by atoms with Crippen LogP contribution in [0, 0.1) is 15.9 Å². The van der Waals surface area contributed by atoms with Gasteiger partial charge in [0.1, 0.15) is 11.5 Å². The Labute approximate surface area is 149 Å². The second kappa shape index (κ2) is 8.03. The van der Waals surface area contributed by atoms with Crippen molar-refractivity contribution in [3.8, 4) is 0 Å². The maximum atomic E-state index is 13.0. The molecule has 1 heterocycles. The van der Waals surface area contributed by atoms with Crippen molar-refractivity contribution in [1.29, 1.82) is 0 Å². The van der Waals surface area contributed by atoms with Crippen LogP contribution in [0.15, 0.2) is 48.5 Å². The van der Waals surface area contributed by atoms with Crippen LogP contribution in [0.25, 0.3) is 0 Å². The van der Waals surface area contributed by atoms with E-state index in [4.69, 9.17) is 4.74 Å². The number of nitrogens with one attached hydrogen (secondary N) is 1. The summed E-state index contributed by atoms with van der Waals surface area (Å²) in [4.78, 5) is 24.7. The van der Waals surface area contributed by atoms with Gasteiger partial charge in [-0.2, -0.15) is 0 Å². The highest BCUT2D eigenvalue weighted by molar-refractivity contribution is 5.94. The molecule has 1 aliphatic heterocycles. The number of nitrogens with zero attached hydrogens (tertiary/aromatic N) is 2. The molecule has 1 saturated heterocycles. The second-order valence-electron chi connectivity index (χ2n) is 5.97. The van der Waals surface area contributed by atoms with Gasteiger partial charge >= 0.3 is 0 Å². The molecule has 0 aliphatic carbocycles. The van der Waals surface area contributed by atoms with Crippen molar-refractivity contribution in [3.63, 3.8) is 0 Å². The molecule has 1 fully saturated rings. The molecule has 136 valence electrons. The van der Waals surface area contributed by atoms with E-state index in [2.05, 4.69) is 5.32 Å². The topological polar surface area (TPSA) is 84.7 Å². The number of ether oxygens (including phenoxy) is 1. The zero-order valence-electron chi connectivity index (χ0n) is 13.9. The molecule has 3 rings (SSSR count). The van der Waals surface area contributed by atoms with E-state index in [0.717, 1.165) is 5.56 Å². The summed E-state index contributed by atoms with van der Waals surface area (Å²) >= 11 is 0. The molecule has 0 spiro atoms. The lowest BCUT2D eigenvalue weighted by Crippen LogP contribution is -2.42. The van der Waals surface area contributed by atoms with E-state index in [1.54, 1.807) is 24.3 Å². The van der Waals surface area contributed by atoms with Gasteiger partial charge in [0.15, 0.2) is 0 Å². The van der Waals surface area contributed by atoms with Crippen molar-refractivity contribution >= 4 is 17.3 Å². The van der Waals surface area contributed by atoms with E-state index in [1.807, 2.05) is 4.90 Å². The lowest BCUT2D eigenvalue weighted by atomic mass is 10.1. The van der Waals surface area contributed by atoms with Crippen molar-refractivity contribution < 1.29 is 18.8 Å². The fourth-order valence-corrected chi connectivity index (χ4v) is 2.86. The van der Waals surface area contributed by atoms with Crippen molar-refractivity contribution in [2.75, 3.05) is 31.6 Å². The summed E-state index contributed by atoms with van der Waals surface area (Å²) in [5.74, 6) is -0.649. The Kier molecular flexibility index (Phi) is 5.55. The molecule has 2 aromatic carbocycles. The molecule has 2 aromatic rings. The highest BCUT2D eigenvalue weighted by atomic mass is 19.1. The minimum absolute atomic E-state index is 0.0904. The van der Waals surface area contributed by atoms with Gasteiger partial charge < -0.3 is 10.1 Å². The Morgan fingerprint density at radius 2 is 2.00 bits per heavy atom. The van der Waals surface area contributed by atoms with Crippen molar-refractivity contribution in [2.24, 2.45) is 0 Å². The third kappa shape index (κ3) is 4.41. The molecule has 7 nitrogen and oxygen atoms in total. The number of hydrogen-bond acceptors (Lipinski definition) is 5. The van der Waals surface area contributed by atoms with Gasteiger partial charge in [-0.05, 0) is 23.8 Å². The Morgan fingerprint density at radius 3 is 2.73 bits per heavy atom. The van der Waals surface area contributed by atoms with E-state index in [9.17, 15) is 19.3 Å². The summed E-state index contributed by atoms with van der Waals surface area (Å²) in [6, 6.07) is 12.1. The van der Waals surface area contributed by atoms with Gasteiger partial charge in [-0.25, -0.2) is 4.39 Å². The highest BCUT2D eigenvalue weighted by Crippen LogP contribution is 2.24. The van der Waals surface area contributed by atoms with Crippen molar-refractivity contribution in [2.45, 2.75) is 6.10 Å². The van der Waals surface area contributed by atoms with Crippen LogP contribution < -0.4 is 5.32 Å². The maximum absolute atomic E-state index is 13.0. The van der Waals surface area contributed by atoms with Crippen molar-refractivity contribution in [3.05, 3.63) is 70.0 Å². The molecular formula is C18H18FN3O4. The number of hydrogen-bond donors (Lipinski definition) is 1. The van der Waals surface area contributed by atoms with Crippen LogP contribution in [-0.4, -0.2) is 42.0 Å². The molecule has 1 aliphatic rings. The van der Waals surface area contributed by atoms with Gasteiger partial charge in [0.2, 0.25) is 5.91 Å². The van der Waals surface area contributed by atoms with Crippen LogP contribution in [0.3, 0.4) is 0 Å². The van der Waals surface area contributed by atoms with Gasteiger partial charge in [-0.15, -0.1) is 0 Å². The van der Waals surface area contributed by atoms with Crippen LogP contribution >= 0.6 is 0 Å². The number of nitro benzene ring substituents is 1. The molecular weight excluding hydrogens is 341 g/mol.